The molecule has 194 valence electrons. The Hall–Kier alpha value is -3.24. The average molecular weight is 526 g/mol. The van der Waals surface area contributed by atoms with Crippen LogP contribution in [0.25, 0.3) is 22.3 Å². The van der Waals surface area contributed by atoms with Gasteiger partial charge in [-0.25, -0.2) is 14.2 Å². The molecule has 2 aliphatic heterocycles. The molecule has 3 aromatic rings. The van der Waals surface area contributed by atoms with Gasteiger partial charge in [-0.15, -0.1) is 0 Å². The molecule has 0 radical (unpaired) electrons. The lowest BCUT2D eigenvalue weighted by Crippen LogP contribution is -2.32. The molecule has 4 heterocycles. The van der Waals surface area contributed by atoms with E-state index in [4.69, 9.17) is 4.74 Å². The average Bonchev–Trinajstić information content (AvgIpc) is 3.24. The third-order valence-electron chi connectivity index (χ3n) is 7.07. The fraction of sp³-hybridized carbons (Fsp3) is 0.407. The summed E-state index contributed by atoms with van der Waals surface area (Å²) in [6.45, 7) is 1.88. The van der Waals surface area contributed by atoms with E-state index in [1.807, 2.05) is 0 Å². The molecule has 0 spiro atoms. The highest BCUT2D eigenvalue weighted by molar-refractivity contribution is 7.98. The van der Waals surface area contributed by atoms with Gasteiger partial charge < -0.3 is 19.7 Å². The van der Waals surface area contributed by atoms with Crippen molar-refractivity contribution in [2.45, 2.75) is 58.4 Å². The first-order valence-electron chi connectivity index (χ1n) is 12.3. The molecule has 1 aromatic carbocycles. The molecule has 1 amide bonds. The standard InChI is InChI=1S/C27H28FN3O5S/c1-14-8-15-17(11-29-23(32)6-4-3-5-7-37-2)18-12-31-22(24(18)30-21(15)10-20(14)28)9-16-19(26(31)34)13-36-27(35)25(16)33/h8-10,25,33H,3-7,11-13H2,1-2H3,(H,29,32)/t25-/m0/s1. The fourth-order valence-corrected chi connectivity index (χ4v) is 5.52. The SMILES string of the molecule is CSCCCCCC(=O)NCc1c2c(nc3cc(F)c(C)cc13)-c1cc3c(c(=O)n1C2)COC(=O)[C@H]3O. The van der Waals surface area contributed by atoms with Crippen LogP contribution < -0.4 is 10.9 Å². The number of aliphatic hydroxyl groups excluding tert-OH is 1. The van der Waals surface area contributed by atoms with Crippen molar-refractivity contribution in [2.24, 2.45) is 0 Å². The highest BCUT2D eigenvalue weighted by Crippen LogP contribution is 2.38. The van der Waals surface area contributed by atoms with Gasteiger partial charge in [0.2, 0.25) is 5.91 Å². The topological polar surface area (TPSA) is 111 Å². The van der Waals surface area contributed by atoms with Crippen molar-refractivity contribution in [3.05, 3.63) is 62.2 Å². The second kappa shape index (κ2) is 10.3. The van der Waals surface area contributed by atoms with Crippen LogP contribution in [0.4, 0.5) is 4.39 Å². The Bertz CT molecular complexity index is 1490. The summed E-state index contributed by atoms with van der Waals surface area (Å²) < 4.78 is 21.0. The highest BCUT2D eigenvalue weighted by atomic mass is 32.2. The smallest absolute Gasteiger partial charge is 0.340 e. The van der Waals surface area contributed by atoms with Crippen molar-refractivity contribution in [1.82, 2.24) is 14.9 Å². The maximum absolute atomic E-state index is 14.5. The van der Waals surface area contributed by atoms with Gasteiger partial charge in [-0.05, 0) is 55.0 Å². The van der Waals surface area contributed by atoms with Gasteiger partial charge in [0, 0.05) is 35.5 Å². The number of pyridine rings is 2. The number of hydrogen-bond acceptors (Lipinski definition) is 7. The molecule has 0 saturated carbocycles. The van der Waals surface area contributed by atoms with E-state index in [1.165, 1.54) is 10.6 Å². The van der Waals surface area contributed by atoms with E-state index in [2.05, 4.69) is 16.6 Å². The molecule has 2 aliphatic rings. The molecule has 8 nitrogen and oxygen atoms in total. The number of rotatable bonds is 8. The number of hydrogen-bond donors (Lipinski definition) is 2. The zero-order valence-corrected chi connectivity index (χ0v) is 21.5. The number of carbonyl (C=O) groups excluding carboxylic acids is 2. The molecule has 0 saturated heterocycles. The summed E-state index contributed by atoms with van der Waals surface area (Å²) in [4.78, 5) is 42.5. The molecule has 0 unspecified atom stereocenters. The maximum Gasteiger partial charge on any atom is 0.340 e. The number of carbonyl (C=O) groups is 2. The normalized spacial score (nSPS) is 15.8. The number of aliphatic hydroxyl groups is 1. The van der Waals surface area contributed by atoms with Crippen LogP contribution in [0.15, 0.2) is 23.0 Å². The molecule has 0 aliphatic carbocycles. The minimum atomic E-state index is -1.55. The third kappa shape index (κ3) is 4.64. The number of cyclic esters (lactones) is 1. The molecular weight excluding hydrogens is 497 g/mol. The molecule has 5 rings (SSSR count). The Labute approximate surface area is 217 Å². The van der Waals surface area contributed by atoms with Crippen LogP contribution in [0.5, 0.6) is 0 Å². The third-order valence-corrected chi connectivity index (χ3v) is 7.77. The molecule has 37 heavy (non-hydrogen) atoms. The summed E-state index contributed by atoms with van der Waals surface area (Å²) in [5, 5.41) is 14.1. The Morgan fingerprint density at radius 1 is 1.24 bits per heavy atom. The van der Waals surface area contributed by atoms with Gasteiger partial charge in [0.1, 0.15) is 12.4 Å². The van der Waals surface area contributed by atoms with Crippen LogP contribution in [0.2, 0.25) is 0 Å². The van der Waals surface area contributed by atoms with Crippen molar-refractivity contribution < 1.29 is 23.8 Å². The number of unbranched alkanes of at least 4 members (excludes halogenated alkanes) is 2. The van der Waals surface area contributed by atoms with Crippen molar-refractivity contribution in [3.63, 3.8) is 0 Å². The van der Waals surface area contributed by atoms with Crippen molar-refractivity contribution >= 4 is 34.5 Å². The van der Waals surface area contributed by atoms with Crippen LogP contribution in [-0.2, 0) is 34.0 Å². The van der Waals surface area contributed by atoms with E-state index in [0.29, 0.717) is 34.3 Å². The summed E-state index contributed by atoms with van der Waals surface area (Å²) in [5.41, 5.74) is 3.36. The number of nitrogens with one attached hydrogen (secondary N) is 1. The van der Waals surface area contributed by atoms with E-state index in [9.17, 15) is 23.9 Å². The monoisotopic (exact) mass is 525 g/mol. The quantitative estimate of drug-likeness (QED) is 0.268. The number of halogens is 1. The van der Waals surface area contributed by atoms with Crippen LogP contribution in [0.3, 0.4) is 0 Å². The minimum absolute atomic E-state index is 0.0661. The van der Waals surface area contributed by atoms with E-state index in [0.717, 1.165) is 36.1 Å². The van der Waals surface area contributed by atoms with Gasteiger partial charge in [0.05, 0.1) is 29.0 Å². The van der Waals surface area contributed by atoms with E-state index >= 15 is 0 Å². The van der Waals surface area contributed by atoms with Gasteiger partial charge in [-0.2, -0.15) is 11.8 Å². The van der Waals surface area contributed by atoms with Gasteiger partial charge in [-0.1, -0.05) is 6.42 Å². The first-order chi connectivity index (χ1) is 17.8. The number of fused-ring (bicyclic) bond motifs is 5. The fourth-order valence-electron chi connectivity index (χ4n) is 5.02. The lowest BCUT2D eigenvalue weighted by atomic mass is 9.97. The molecule has 0 fully saturated rings. The van der Waals surface area contributed by atoms with E-state index < -0.39 is 17.9 Å². The lowest BCUT2D eigenvalue weighted by Gasteiger charge is -2.21. The molecular formula is C27H28FN3O5S. The van der Waals surface area contributed by atoms with Crippen LogP contribution in [0.1, 0.15) is 59.6 Å². The summed E-state index contributed by atoms with van der Waals surface area (Å²) in [6, 6.07) is 4.66. The van der Waals surface area contributed by atoms with E-state index in [-0.39, 0.29) is 42.3 Å². The number of thioether (sulfide) groups is 1. The Balaban J connectivity index is 1.54. The van der Waals surface area contributed by atoms with Crippen molar-refractivity contribution in [3.8, 4) is 11.4 Å². The van der Waals surface area contributed by atoms with Gasteiger partial charge in [0.25, 0.3) is 5.56 Å². The number of aromatic nitrogens is 2. The largest absolute Gasteiger partial charge is 0.458 e. The van der Waals surface area contributed by atoms with Crippen LogP contribution >= 0.6 is 11.8 Å². The number of benzene rings is 1. The zero-order valence-electron chi connectivity index (χ0n) is 20.7. The van der Waals surface area contributed by atoms with Gasteiger partial charge in [-0.3, -0.25) is 9.59 Å². The predicted molar refractivity (Wildman–Crippen MR) is 139 cm³/mol. The van der Waals surface area contributed by atoms with E-state index in [1.54, 1.807) is 30.8 Å². The number of nitrogens with zero attached hydrogens (tertiary/aromatic N) is 2. The van der Waals surface area contributed by atoms with Crippen LogP contribution in [0, 0.1) is 12.7 Å². The number of aryl methyl sites for hydroxylation is 1. The lowest BCUT2D eigenvalue weighted by molar-refractivity contribution is -0.157. The Kier molecular flexibility index (Phi) is 7.04. The van der Waals surface area contributed by atoms with Crippen LogP contribution in [-0.4, -0.2) is 38.5 Å². The zero-order chi connectivity index (χ0) is 26.3. The summed E-state index contributed by atoms with van der Waals surface area (Å²) in [5.74, 6) is -0.202. The second-order valence-electron chi connectivity index (χ2n) is 9.48. The molecule has 1 atom stereocenters. The Morgan fingerprint density at radius 2 is 2.05 bits per heavy atom. The first kappa shape index (κ1) is 25.4. The van der Waals surface area contributed by atoms with Crippen molar-refractivity contribution in [2.75, 3.05) is 12.0 Å². The van der Waals surface area contributed by atoms with Gasteiger partial charge in [0.15, 0.2) is 6.10 Å². The van der Waals surface area contributed by atoms with Gasteiger partial charge >= 0.3 is 5.97 Å². The summed E-state index contributed by atoms with van der Waals surface area (Å²) in [7, 11) is 0. The first-order valence-corrected chi connectivity index (χ1v) is 13.7. The minimum Gasteiger partial charge on any atom is -0.458 e. The number of esters is 1. The summed E-state index contributed by atoms with van der Waals surface area (Å²) in [6.07, 6.45) is 3.80. The molecule has 0 bridgehead atoms. The molecule has 2 aromatic heterocycles. The molecule has 2 N–H and O–H groups in total. The number of ether oxygens (including phenoxy) is 1. The summed E-state index contributed by atoms with van der Waals surface area (Å²) >= 11 is 1.79. The molecule has 10 heteroatoms. The predicted octanol–water partition coefficient (Wildman–Crippen LogP) is 3.50. The Morgan fingerprint density at radius 3 is 2.84 bits per heavy atom. The highest BCUT2D eigenvalue weighted by Gasteiger charge is 2.34. The maximum atomic E-state index is 14.5. The van der Waals surface area contributed by atoms with Crippen molar-refractivity contribution in [1.29, 1.82) is 0 Å². The second-order valence-corrected chi connectivity index (χ2v) is 10.5. The number of amides is 1.